The summed E-state index contributed by atoms with van der Waals surface area (Å²) in [6.45, 7) is 2.47. The number of hydrogen-bond donors (Lipinski definition) is 1. The van der Waals surface area contributed by atoms with Crippen molar-refractivity contribution >= 4 is 28.8 Å². The highest BCUT2D eigenvalue weighted by molar-refractivity contribution is 7.08. The zero-order valence-corrected chi connectivity index (χ0v) is 10.7. The third kappa shape index (κ3) is 1.57. The third-order valence-corrected chi connectivity index (χ3v) is 3.97. The second kappa shape index (κ2) is 4.06. The van der Waals surface area contributed by atoms with Crippen LogP contribution in [-0.4, -0.2) is 22.0 Å². The van der Waals surface area contributed by atoms with Gasteiger partial charge in [-0.3, -0.25) is 4.79 Å². The normalized spacial score (nSPS) is 13.7. The summed E-state index contributed by atoms with van der Waals surface area (Å²) >= 11 is 1.14. The van der Waals surface area contributed by atoms with Crippen LogP contribution in [0.3, 0.4) is 0 Å². The fraction of sp³-hybridized carbons (Fsp3) is 0.250. The molecule has 1 aliphatic heterocycles. The van der Waals surface area contributed by atoms with Gasteiger partial charge in [-0.1, -0.05) is 10.6 Å². The molecule has 0 fully saturated rings. The zero-order valence-electron chi connectivity index (χ0n) is 9.88. The summed E-state index contributed by atoms with van der Waals surface area (Å²) in [4.78, 5) is 14.8. The maximum Gasteiger partial charge on any atom is 0.271 e. The van der Waals surface area contributed by atoms with Gasteiger partial charge in [0.15, 0.2) is 0 Å². The molecule has 2 heterocycles. The smallest absolute Gasteiger partial charge is 0.271 e. The van der Waals surface area contributed by atoms with Crippen LogP contribution in [0.1, 0.15) is 20.9 Å². The Morgan fingerprint density at radius 3 is 3.06 bits per heavy atom. The van der Waals surface area contributed by atoms with E-state index in [4.69, 9.17) is 5.73 Å². The molecule has 18 heavy (non-hydrogen) atoms. The molecular weight excluding hydrogens is 248 g/mol. The number of anilines is 2. The van der Waals surface area contributed by atoms with E-state index in [1.165, 1.54) is 0 Å². The lowest BCUT2D eigenvalue weighted by atomic mass is 10.1. The van der Waals surface area contributed by atoms with Gasteiger partial charge in [-0.15, -0.1) is 5.10 Å². The number of fused-ring (bicyclic) bond motifs is 1. The van der Waals surface area contributed by atoms with E-state index in [1.54, 1.807) is 11.8 Å². The number of aromatic nitrogens is 2. The van der Waals surface area contributed by atoms with Gasteiger partial charge in [0.25, 0.3) is 5.91 Å². The Balaban J connectivity index is 2.00. The monoisotopic (exact) mass is 260 g/mol. The van der Waals surface area contributed by atoms with Crippen molar-refractivity contribution in [1.29, 1.82) is 0 Å². The fourth-order valence-corrected chi connectivity index (χ4v) is 2.83. The molecule has 0 unspecified atom stereocenters. The molecule has 0 saturated heterocycles. The Hall–Kier alpha value is -1.95. The van der Waals surface area contributed by atoms with Gasteiger partial charge in [0.1, 0.15) is 4.88 Å². The molecule has 0 bridgehead atoms. The Bertz CT molecular complexity index is 622. The lowest BCUT2D eigenvalue weighted by Gasteiger charge is -2.16. The van der Waals surface area contributed by atoms with Crippen molar-refractivity contribution in [2.24, 2.45) is 0 Å². The number of nitrogen functional groups attached to an aromatic ring is 1. The van der Waals surface area contributed by atoms with Gasteiger partial charge in [0.05, 0.1) is 5.69 Å². The number of rotatable bonds is 1. The molecule has 6 heteroatoms. The maximum absolute atomic E-state index is 12.4. The van der Waals surface area contributed by atoms with Crippen LogP contribution in [0.2, 0.25) is 0 Å². The molecule has 1 aliphatic rings. The van der Waals surface area contributed by atoms with Gasteiger partial charge in [0.2, 0.25) is 0 Å². The topological polar surface area (TPSA) is 72.1 Å². The highest BCUT2D eigenvalue weighted by atomic mass is 32.1. The summed E-state index contributed by atoms with van der Waals surface area (Å²) in [5, 5.41) is 3.88. The molecule has 0 spiro atoms. The molecule has 5 nitrogen and oxygen atoms in total. The SMILES string of the molecule is Cc1nnsc1C(=O)N1CCc2c(N)cccc21. The number of benzene rings is 1. The summed E-state index contributed by atoms with van der Waals surface area (Å²) in [6, 6.07) is 5.67. The van der Waals surface area contributed by atoms with Crippen molar-refractivity contribution in [2.75, 3.05) is 17.2 Å². The lowest BCUT2D eigenvalue weighted by Crippen LogP contribution is -2.28. The molecule has 0 atom stereocenters. The van der Waals surface area contributed by atoms with Crippen LogP contribution in [0.4, 0.5) is 11.4 Å². The number of nitrogens with two attached hydrogens (primary N) is 1. The van der Waals surface area contributed by atoms with Gasteiger partial charge in [-0.2, -0.15) is 0 Å². The fourth-order valence-electron chi connectivity index (χ4n) is 2.22. The first-order chi connectivity index (χ1) is 8.68. The minimum Gasteiger partial charge on any atom is -0.398 e. The number of hydrogen-bond acceptors (Lipinski definition) is 5. The average molecular weight is 260 g/mol. The molecule has 2 aromatic rings. The highest BCUT2D eigenvalue weighted by Crippen LogP contribution is 2.33. The van der Waals surface area contributed by atoms with E-state index in [2.05, 4.69) is 9.59 Å². The lowest BCUT2D eigenvalue weighted by molar-refractivity contribution is 0.0992. The molecule has 0 radical (unpaired) electrons. The molecule has 0 aliphatic carbocycles. The summed E-state index contributed by atoms with van der Waals surface area (Å²) in [7, 11) is 0. The van der Waals surface area contributed by atoms with Crippen molar-refractivity contribution in [3.63, 3.8) is 0 Å². The summed E-state index contributed by atoms with van der Waals surface area (Å²) in [5.74, 6) is -0.0353. The number of carbonyl (C=O) groups is 1. The van der Waals surface area contributed by atoms with Crippen molar-refractivity contribution in [2.45, 2.75) is 13.3 Å². The van der Waals surface area contributed by atoms with Crippen molar-refractivity contribution in [3.05, 3.63) is 34.3 Å². The third-order valence-electron chi connectivity index (χ3n) is 3.15. The molecule has 1 aromatic carbocycles. The molecule has 2 N–H and O–H groups in total. The predicted molar refractivity (Wildman–Crippen MR) is 70.9 cm³/mol. The first-order valence-corrected chi connectivity index (χ1v) is 6.44. The first-order valence-electron chi connectivity index (χ1n) is 5.66. The van der Waals surface area contributed by atoms with Gasteiger partial charge < -0.3 is 10.6 Å². The van der Waals surface area contributed by atoms with Crippen LogP contribution in [0.25, 0.3) is 0 Å². The van der Waals surface area contributed by atoms with E-state index in [0.29, 0.717) is 17.1 Å². The Kier molecular flexibility index (Phi) is 2.52. The van der Waals surface area contributed by atoms with Gasteiger partial charge in [0, 0.05) is 23.5 Å². The van der Waals surface area contributed by atoms with Gasteiger partial charge in [-0.25, -0.2) is 0 Å². The summed E-state index contributed by atoms with van der Waals surface area (Å²) in [5.41, 5.74) is 9.32. The van der Waals surface area contributed by atoms with Crippen LogP contribution in [0.5, 0.6) is 0 Å². The highest BCUT2D eigenvalue weighted by Gasteiger charge is 2.28. The van der Waals surface area contributed by atoms with Gasteiger partial charge in [-0.05, 0) is 37.0 Å². The minimum atomic E-state index is -0.0353. The molecule has 92 valence electrons. The Morgan fingerprint density at radius 2 is 2.33 bits per heavy atom. The van der Waals surface area contributed by atoms with Crippen LogP contribution in [0, 0.1) is 6.92 Å². The molecular formula is C12H12N4OS. The van der Waals surface area contributed by atoms with Crippen LogP contribution < -0.4 is 10.6 Å². The van der Waals surface area contributed by atoms with E-state index in [0.717, 1.165) is 34.9 Å². The number of aryl methyl sites for hydroxylation is 1. The molecule has 1 amide bonds. The van der Waals surface area contributed by atoms with Crippen LogP contribution in [-0.2, 0) is 6.42 Å². The Morgan fingerprint density at radius 1 is 1.50 bits per heavy atom. The van der Waals surface area contributed by atoms with E-state index in [-0.39, 0.29) is 5.91 Å². The predicted octanol–water partition coefficient (Wildman–Crippen LogP) is 1.63. The maximum atomic E-state index is 12.4. The second-order valence-corrected chi connectivity index (χ2v) is 4.99. The standard InChI is InChI=1S/C12H12N4OS/c1-7-11(18-15-14-7)12(17)16-6-5-8-9(13)3-2-4-10(8)16/h2-4H,5-6,13H2,1H3. The van der Waals surface area contributed by atoms with Crippen LogP contribution in [0.15, 0.2) is 18.2 Å². The molecule has 3 rings (SSSR count). The first kappa shape index (κ1) is 11.2. The largest absolute Gasteiger partial charge is 0.398 e. The summed E-state index contributed by atoms with van der Waals surface area (Å²) < 4.78 is 3.81. The Labute approximate surface area is 108 Å². The number of amides is 1. The number of carbonyl (C=O) groups excluding carboxylic acids is 1. The van der Waals surface area contributed by atoms with Crippen LogP contribution >= 0.6 is 11.5 Å². The van der Waals surface area contributed by atoms with E-state index in [1.807, 2.05) is 18.2 Å². The zero-order chi connectivity index (χ0) is 12.7. The van der Waals surface area contributed by atoms with Gasteiger partial charge >= 0.3 is 0 Å². The minimum absolute atomic E-state index is 0.0353. The van der Waals surface area contributed by atoms with E-state index >= 15 is 0 Å². The second-order valence-electron chi connectivity index (χ2n) is 4.24. The molecule has 1 aromatic heterocycles. The van der Waals surface area contributed by atoms with Crippen molar-refractivity contribution < 1.29 is 4.79 Å². The number of nitrogens with zero attached hydrogens (tertiary/aromatic N) is 3. The quantitative estimate of drug-likeness (QED) is 0.791. The molecule has 0 saturated carbocycles. The van der Waals surface area contributed by atoms with Crippen molar-refractivity contribution in [1.82, 2.24) is 9.59 Å². The van der Waals surface area contributed by atoms with E-state index in [9.17, 15) is 4.79 Å². The van der Waals surface area contributed by atoms with Crippen molar-refractivity contribution in [3.8, 4) is 0 Å². The summed E-state index contributed by atoms with van der Waals surface area (Å²) in [6.07, 6.45) is 0.805. The van der Waals surface area contributed by atoms with E-state index < -0.39 is 0 Å². The average Bonchev–Trinajstić information content (AvgIpc) is 2.95.